The molecule has 1 aliphatic heterocycles. The predicted molar refractivity (Wildman–Crippen MR) is 92.3 cm³/mol. The van der Waals surface area contributed by atoms with E-state index in [4.69, 9.17) is 0 Å². The van der Waals surface area contributed by atoms with E-state index in [2.05, 4.69) is 28.2 Å². The molecule has 24 heavy (non-hydrogen) atoms. The Morgan fingerprint density at radius 2 is 2.00 bits per heavy atom. The number of aromatic nitrogens is 1. The Balaban J connectivity index is 1.70. The van der Waals surface area contributed by atoms with Crippen LogP contribution in [0.2, 0.25) is 0 Å². The van der Waals surface area contributed by atoms with Gasteiger partial charge in [-0.15, -0.1) is 0 Å². The molecule has 1 atom stereocenters. The fraction of sp³-hybridized carbons (Fsp3) is 0.250. The third kappa shape index (κ3) is 2.92. The largest absolute Gasteiger partial charge is 0.353 e. The van der Waals surface area contributed by atoms with Crippen molar-refractivity contribution in [1.29, 1.82) is 0 Å². The molecule has 0 aliphatic carbocycles. The summed E-state index contributed by atoms with van der Waals surface area (Å²) in [4.78, 5) is 11.4. The maximum Gasteiger partial charge on any atom is 0.220 e. The zero-order valence-electron chi connectivity index (χ0n) is 13.3. The highest BCUT2D eigenvalue weighted by molar-refractivity contribution is 5.84. The Hall–Kier alpha value is -2.62. The quantitative estimate of drug-likeness (QED) is 0.781. The topological polar surface area (TPSA) is 34.0 Å². The van der Waals surface area contributed by atoms with Crippen molar-refractivity contribution in [3.8, 4) is 0 Å². The summed E-state index contributed by atoms with van der Waals surface area (Å²) in [5.41, 5.74) is 3.24. The van der Waals surface area contributed by atoms with Gasteiger partial charge in [-0.25, -0.2) is 4.39 Å². The van der Waals surface area contributed by atoms with Gasteiger partial charge in [0.1, 0.15) is 5.82 Å². The first-order valence-corrected chi connectivity index (χ1v) is 8.29. The normalized spacial score (nSPS) is 17.4. The smallest absolute Gasteiger partial charge is 0.220 e. The molecular formula is C20H19FN2O. The van der Waals surface area contributed by atoms with E-state index < -0.39 is 0 Å². The molecule has 4 heteroatoms. The van der Waals surface area contributed by atoms with Gasteiger partial charge in [0.15, 0.2) is 0 Å². The van der Waals surface area contributed by atoms with Gasteiger partial charge in [0, 0.05) is 30.6 Å². The van der Waals surface area contributed by atoms with Crippen LogP contribution in [0.3, 0.4) is 0 Å². The molecule has 0 bridgehead atoms. The summed E-state index contributed by atoms with van der Waals surface area (Å²) in [7, 11) is 0. The van der Waals surface area contributed by atoms with Gasteiger partial charge in [0.2, 0.25) is 5.91 Å². The van der Waals surface area contributed by atoms with Crippen LogP contribution in [0.4, 0.5) is 4.39 Å². The third-order valence-corrected chi connectivity index (χ3v) is 4.67. The van der Waals surface area contributed by atoms with Gasteiger partial charge >= 0.3 is 0 Å². The average Bonchev–Trinajstić information content (AvgIpc) is 3.13. The first kappa shape index (κ1) is 14.9. The highest BCUT2D eigenvalue weighted by atomic mass is 19.1. The zero-order chi connectivity index (χ0) is 16.5. The Morgan fingerprint density at radius 1 is 1.17 bits per heavy atom. The van der Waals surface area contributed by atoms with Crippen molar-refractivity contribution in [2.75, 3.05) is 0 Å². The maximum atomic E-state index is 13.8. The molecule has 2 heterocycles. The summed E-state index contributed by atoms with van der Waals surface area (Å²) < 4.78 is 15.8. The van der Waals surface area contributed by atoms with Gasteiger partial charge in [-0.1, -0.05) is 30.3 Å². The molecular weight excluding hydrogens is 303 g/mol. The molecule has 1 aliphatic rings. The number of hydrogen-bond acceptors (Lipinski definition) is 1. The van der Waals surface area contributed by atoms with Crippen LogP contribution in [0.1, 0.15) is 24.0 Å². The Morgan fingerprint density at radius 3 is 2.75 bits per heavy atom. The fourth-order valence-corrected chi connectivity index (χ4v) is 3.51. The van der Waals surface area contributed by atoms with E-state index in [0.717, 1.165) is 29.3 Å². The summed E-state index contributed by atoms with van der Waals surface area (Å²) in [5, 5.41) is 4.08. The van der Waals surface area contributed by atoms with E-state index in [0.29, 0.717) is 13.0 Å². The standard InChI is InChI=1S/C20H19FN2O/c21-16-6-8-18-15(10-17-7-9-20(24)22-17)13-23(19(18)11-16)12-14-4-2-1-3-5-14/h1-6,8,11,13,17H,7,9-10,12H2,(H,22,24). The number of amides is 1. The zero-order valence-corrected chi connectivity index (χ0v) is 13.3. The molecule has 0 saturated carbocycles. The molecule has 0 radical (unpaired) electrons. The minimum Gasteiger partial charge on any atom is -0.353 e. The molecule has 1 fully saturated rings. The monoisotopic (exact) mass is 322 g/mol. The number of nitrogens with one attached hydrogen (secondary N) is 1. The third-order valence-electron chi connectivity index (χ3n) is 4.67. The Kier molecular flexibility index (Phi) is 3.81. The first-order valence-electron chi connectivity index (χ1n) is 8.29. The summed E-state index contributed by atoms with van der Waals surface area (Å²) in [6.45, 7) is 0.706. The lowest BCUT2D eigenvalue weighted by Gasteiger charge is -2.08. The lowest BCUT2D eigenvalue weighted by atomic mass is 10.0. The van der Waals surface area contributed by atoms with Gasteiger partial charge in [-0.2, -0.15) is 0 Å². The maximum absolute atomic E-state index is 13.8. The number of rotatable bonds is 4. The molecule has 1 saturated heterocycles. The Bertz CT molecular complexity index is 885. The second-order valence-electron chi connectivity index (χ2n) is 6.44. The van der Waals surface area contributed by atoms with E-state index in [1.54, 1.807) is 6.07 Å². The van der Waals surface area contributed by atoms with Crippen molar-refractivity contribution in [2.45, 2.75) is 31.8 Å². The second kappa shape index (κ2) is 6.11. The average molecular weight is 322 g/mol. The summed E-state index contributed by atoms with van der Waals surface area (Å²) in [6, 6.07) is 15.3. The number of halogens is 1. The molecule has 1 N–H and O–H groups in total. The second-order valence-corrected chi connectivity index (χ2v) is 6.44. The number of hydrogen-bond donors (Lipinski definition) is 1. The summed E-state index contributed by atoms with van der Waals surface area (Å²) >= 11 is 0. The number of fused-ring (bicyclic) bond motifs is 1. The van der Waals surface area contributed by atoms with Crippen molar-refractivity contribution in [3.63, 3.8) is 0 Å². The van der Waals surface area contributed by atoms with Crippen molar-refractivity contribution in [2.24, 2.45) is 0 Å². The lowest BCUT2D eigenvalue weighted by Crippen LogP contribution is -2.27. The van der Waals surface area contributed by atoms with E-state index in [-0.39, 0.29) is 17.8 Å². The molecule has 3 nitrogen and oxygen atoms in total. The van der Waals surface area contributed by atoms with Gasteiger partial charge in [0.05, 0.1) is 5.52 Å². The minimum absolute atomic E-state index is 0.124. The summed E-state index contributed by atoms with van der Waals surface area (Å²) in [5.74, 6) is -0.102. The Labute approximate surface area is 140 Å². The van der Waals surface area contributed by atoms with Crippen LogP contribution < -0.4 is 5.32 Å². The van der Waals surface area contributed by atoms with Crippen LogP contribution in [0, 0.1) is 5.82 Å². The molecule has 2 aromatic carbocycles. The lowest BCUT2D eigenvalue weighted by molar-refractivity contribution is -0.119. The number of carbonyl (C=O) groups is 1. The van der Waals surface area contributed by atoms with Crippen LogP contribution in [-0.2, 0) is 17.8 Å². The molecule has 4 rings (SSSR count). The fourth-order valence-electron chi connectivity index (χ4n) is 3.51. The molecule has 3 aromatic rings. The highest BCUT2D eigenvalue weighted by Gasteiger charge is 2.22. The van der Waals surface area contributed by atoms with Crippen LogP contribution in [0.25, 0.3) is 10.9 Å². The van der Waals surface area contributed by atoms with Crippen LogP contribution in [-0.4, -0.2) is 16.5 Å². The van der Waals surface area contributed by atoms with E-state index >= 15 is 0 Å². The van der Waals surface area contributed by atoms with Gasteiger partial charge in [0.25, 0.3) is 0 Å². The van der Waals surface area contributed by atoms with E-state index in [9.17, 15) is 9.18 Å². The number of benzene rings is 2. The minimum atomic E-state index is -0.226. The van der Waals surface area contributed by atoms with Gasteiger partial charge < -0.3 is 9.88 Å². The first-order chi connectivity index (χ1) is 11.7. The van der Waals surface area contributed by atoms with Gasteiger partial charge in [-0.3, -0.25) is 4.79 Å². The summed E-state index contributed by atoms with van der Waals surface area (Å²) in [6.07, 6.45) is 4.35. The van der Waals surface area contributed by atoms with Crippen molar-refractivity contribution in [3.05, 3.63) is 71.7 Å². The van der Waals surface area contributed by atoms with Crippen LogP contribution in [0.15, 0.2) is 54.7 Å². The van der Waals surface area contributed by atoms with Crippen molar-refractivity contribution < 1.29 is 9.18 Å². The van der Waals surface area contributed by atoms with E-state index in [1.807, 2.05) is 24.3 Å². The van der Waals surface area contributed by atoms with Crippen LogP contribution >= 0.6 is 0 Å². The highest BCUT2D eigenvalue weighted by Crippen LogP contribution is 2.26. The van der Waals surface area contributed by atoms with Crippen molar-refractivity contribution >= 4 is 16.8 Å². The van der Waals surface area contributed by atoms with Crippen LogP contribution in [0.5, 0.6) is 0 Å². The molecule has 1 aromatic heterocycles. The molecule has 122 valence electrons. The van der Waals surface area contributed by atoms with E-state index in [1.165, 1.54) is 11.6 Å². The molecule has 0 spiro atoms. The predicted octanol–water partition coefficient (Wildman–Crippen LogP) is 3.65. The van der Waals surface area contributed by atoms with Gasteiger partial charge in [-0.05, 0) is 42.2 Å². The number of carbonyl (C=O) groups excluding carboxylic acids is 1. The molecule has 1 amide bonds. The SMILES string of the molecule is O=C1CCC(Cc2cn(Cc3ccccc3)c3cc(F)ccc23)N1. The number of nitrogens with zero attached hydrogens (tertiary/aromatic N) is 1. The molecule has 1 unspecified atom stereocenters. The van der Waals surface area contributed by atoms with Crippen molar-refractivity contribution in [1.82, 2.24) is 9.88 Å².